The number of aromatic nitrogens is 2. The third-order valence-corrected chi connectivity index (χ3v) is 4.73. The zero-order valence-electron chi connectivity index (χ0n) is 12.1. The van der Waals surface area contributed by atoms with Gasteiger partial charge in [0.25, 0.3) is 0 Å². The summed E-state index contributed by atoms with van der Waals surface area (Å²) in [6.45, 7) is 6.95. The van der Waals surface area contributed by atoms with Crippen LogP contribution in [0, 0.1) is 5.41 Å². The van der Waals surface area contributed by atoms with E-state index in [-0.39, 0.29) is 6.10 Å². The summed E-state index contributed by atoms with van der Waals surface area (Å²) in [7, 11) is 0. The van der Waals surface area contributed by atoms with Gasteiger partial charge in [-0.2, -0.15) is 5.10 Å². The van der Waals surface area contributed by atoms with Gasteiger partial charge in [0, 0.05) is 19.6 Å². The van der Waals surface area contributed by atoms with Crippen molar-refractivity contribution in [1.29, 1.82) is 0 Å². The summed E-state index contributed by atoms with van der Waals surface area (Å²) >= 11 is 6.38. The van der Waals surface area contributed by atoms with Gasteiger partial charge in [0.05, 0.1) is 22.5 Å². The molecule has 0 aromatic carbocycles. The molecule has 1 saturated heterocycles. The van der Waals surface area contributed by atoms with Gasteiger partial charge in [0.15, 0.2) is 0 Å². The zero-order valence-corrected chi connectivity index (χ0v) is 12.9. The Hall–Kier alpha value is -1.07. The van der Waals surface area contributed by atoms with Crippen LogP contribution in [0.2, 0.25) is 5.02 Å². The molecule has 0 saturated carbocycles. The number of aryl methyl sites for hydroxylation is 2. The van der Waals surface area contributed by atoms with E-state index in [1.165, 1.54) is 0 Å². The van der Waals surface area contributed by atoms with Crippen molar-refractivity contribution in [2.75, 3.05) is 6.61 Å². The van der Waals surface area contributed by atoms with Gasteiger partial charge in [0.1, 0.15) is 5.41 Å². The molecule has 1 fully saturated rings. The van der Waals surface area contributed by atoms with Crippen LogP contribution in [0.4, 0.5) is 0 Å². The molecule has 0 radical (unpaired) electrons. The first-order chi connectivity index (χ1) is 9.46. The zero-order chi connectivity index (χ0) is 14.9. The lowest BCUT2D eigenvalue weighted by molar-refractivity contribution is -0.151. The van der Waals surface area contributed by atoms with E-state index in [0.29, 0.717) is 31.0 Å². The van der Waals surface area contributed by atoms with Crippen LogP contribution in [-0.2, 0) is 28.9 Å². The summed E-state index contributed by atoms with van der Waals surface area (Å²) in [5.74, 6) is -0.819. The molecule has 1 aromatic heterocycles. The topological polar surface area (TPSA) is 64.4 Å². The molecule has 5 nitrogen and oxygen atoms in total. The highest BCUT2D eigenvalue weighted by Gasteiger charge is 2.49. The van der Waals surface area contributed by atoms with E-state index in [4.69, 9.17) is 16.3 Å². The molecule has 2 atom stereocenters. The summed E-state index contributed by atoms with van der Waals surface area (Å²) < 4.78 is 7.31. The number of carbonyl (C=O) groups is 1. The minimum absolute atomic E-state index is 0.318. The van der Waals surface area contributed by atoms with Gasteiger partial charge >= 0.3 is 5.97 Å². The maximum atomic E-state index is 11.8. The van der Waals surface area contributed by atoms with Crippen LogP contribution < -0.4 is 0 Å². The molecule has 112 valence electrons. The summed E-state index contributed by atoms with van der Waals surface area (Å²) in [5, 5.41) is 14.7. The van der Waals surface area contributed by atoms with E-state index in [1.807, 2.05) is 25.5 Å². The molecule has 2 unspecified atom stereocenters. The molecule has 2 heterocycles. The molecule has 2 rings (SSSR count). The summed E-state index contributed by atoms with van der Waals surface area (Å²) in [4.78, 5) is 11.8. The van der Waals surface area contributed by atoms with Crippen molar-refractivity contribution in [2.45, 2.75) is 52.7 Å². The third-order valence-electron chi connectivity index (χ3n) is 4.30. The molecular formula is C14H21ClN2O3. The maximum absolute atomic E-state index is 11.8. The van der Waals surface area contributed by atoms with E-state index in [0.717, 1.165) is 17.8 Å². The van der Waals surface area contributed by atoms with Crippen LogP contribution in [0.1, 0.15) is 38.6 Å². The average molecular weight is 301 g/mol. The quantitative estimate of drug-likeness (QED) is 0.907. The fourth-order valence-electron chi connectivity index (χ4n) is 2.85. The molecule has 0 bridgehead atoms. The van der Waals surface area contributed by atoms with Crippen molar-refractivity contribution in [2.24, 2.45) is 5.41 Å². The van der Waals surface area contributed by atoms with Crippen LogP contribution in [0.25, 0.3) is 0 Å². The Morgan fingerprint density at radius 1 is 1.60 bits per heavy atom. The Labute approximate surface area is 123 Å². The first-order valence-corrected chi connectivity index (χ1v) is 7.43. The SMILES string of the molecule is CCc1nn(CC)c(CC2(C(=O)O)CCOC2C)c1Cl. The minimum atomic E-state index is -0.901. The Bertz CT molecular complexity index is 515. The highest BCUT2D eigenvalue weighted by atomic mass is 35.5. The average Bonchev–Trinajstić information content (AvgIpc) is 2.93. The standard InChI is InChI=1S/C14H21ClN2O3/c1-4-10-12(15)11(17(5-2)16-10)8-14(13(18)19)6-7-20-9(14)3/h9H,4-8H2,1-3H3,(H,18,19). The molecule has 1 N–H and O–H groups in total. The first-order valence-electron chi connectivity index (χ1n) is 7.05. The molecule has 1 aromatic rings. The number of halogens is 1. The van der Waals surface area contributed by atoms with Gasteiger partial charge in [-0.15, -0.1) is 0 Å². The fraction of sp³-hybridized carbons (Fsp3) is 0.714. The number of ether oxygens (including phenoxy) is 1. The highest BCUT2D eigenvalue weighted by Crippen LogP contribution is 2.40. The monoisotopic (exact) mass is 300 g/mol. The number of rotatable bonds is 5. The number of hydrogen-bond acceptors (Lipinski definition) is 3. The van der Waals surface area contributed by atoms with Crippen LogP contribution in [0.3, 0.4) is 0 Å². The van der Waals surface area contributed by atoms with E-state index in [2.05, 4.69) is 5.10 Å². The van der Waals surface area contributed by atoms with Gasteiger partial charge < -0.3 is 9.84 Å². The summed E-state index contributed by atoms with van der Waals surface area (Å²) in [6, 6.07) is 0. The molecular weight excluding hydrogens is 280 g/mol. The molecule has 6 heteroatoms. The number of carboxylic acids is 1. The second kappa shape index (κ2) is 5.74. The molecule has 0 amide bonds. The summed E-state index contributed by atoms with van der Waals surface area (Å²) in [5.41, 5.74) is 0.739. The van der Waals surface area contributed by atoms with Gasteiger partial charge in [-0.25, -0.2) is 0 Å². The number of aliphatic carboxylic acids is 1. The van der Waals surface area contributed by atoms with E-state index >= 15 is 0 Å². The molecule has 0 spiro atoms. The predicted molar refractivity (Wildman–Crippen MR) is 76.1 cm³/mol. The van der Waals surface area contributed by atoms with Gasteiger partial charge in [-0.1, -0.05) is 18.5 Å². The molecule has 1 aliphatic heterocycles. The van der Waals surface area contributed by atoms with Crippen molar-refractivity contribution in [3.8, 4) is 0 Å². The van der Waals surface area contributed by atoms with Crippen LogP contribution in [0.5, 0.6) is 0 Å². The summed E-state index contributed by atoms with van der Waals surface area (Å²) in [6.07, 6.45) is 1.30. The predicted octanol–water partition coefficient (Wildman–Crippen LogP) is 2.54. The largest absolute Gasteiger partial charge is 0.481 e. The minimum Gasteiger partial charge on any atom is -0.481 e. The second-order valence-electron chi connectivity index (χ2n) is 5.28. The van der Waals surface area contributed by atoms with Gasteiger partial charge in [0.2, 0.25) is 0 Å². The number of carboxylic acid groups (broad SMARTS) is 1. The lowest BCUT2D eigenvalue weighted by Crippen LogP contribution is -2.40. The Kier molecular flexibility index (Phi) is 4.39. The third kappa shape index (κ3) is 2.33. The van der Waals surface area contributed by atoms with Crippen molar-refractivity contribution < 1.29 is 14.6 Å². The van der Waals surface area contributed by atoms with Crippen LogP contribution in [0.15, 0.2) is 0 Å². The van der Waals surface area contributed by atoms with Crippen molar-refractivity contribution in [3.05, 3.63) is 16.4 Å². The maximum Gasteiger partial charge on any atom is 0.312 e. The van der Waals surface area contributed by atoms with Crippen molar-refractivity contribution in [1.82, 2.24) is 9.78 Å². The molecule has 0 aliphatic carbocycles. The number of hydrogen-bond donors (Lipinski definition) is 1. The van der Waals surface area contributed by atoms with Gasteiger partial charge in [-0.05, 0) is 26.7 Å². The van der Waals surface area contributed by atoms with Crippen molar-refractivity contribution in [3.63, 3.8) is 0 Å². The second-order valence-corrected chi connectivity index (χ2v) is 5.66. The normalized spacial score (nSPS) is 26.1. The van der Waals surface area contributed by atoms with Crippen LogP contribution >= 0.6 is 11.6 Å². The van der Waals surface area contributed by atoms with E-state index in [1.54, 1.807) is 0 Å². The lowest BCUT2D eigenvalue weighted by Gasteiger charge is -2.27. The highest BCUT2D eigenvalue weighted by molar-refractivity contribution is 6.31. The Morgan fingerprint density at radius 3 is 2.75 bits per heavy atom. The number of nitrogens with zero attached hydrogens (tertiary/aromatic N) is 2. The molecule has 20 heavy (non-hydrogen) atoms. The molecule has 1 aliphatic rings. The Balaban J connectivity index is 2.42. The fourth-order valence-corrected chi connectivity index (χ4v) is 3.19. The lowest BCUT2D eigenvalue weighted by atomic mass is 9.77. The smallest absolute Gasteiger partial charge is 0.312 e. The van der Waals surface area contributed by atoms with E-state index in [9.17, 15) is 9.90 Å². The first kappa shape index (κ1) is 15.3. The van der Waals surface area contributed by atoms with E-state index < -0.39 is 11.4 Å². The van der Waals surface area contributed by atoms with Crippen LogP contribution in [-0.4, -0.2) is 33.6 Å². The van der Waals surface area contributed by atoms with Crippen molar-refractivity contribution >= 4 is 17.6 Å². The Morgan fingerprint density at radius 2 is 2.30 bits per heavy atom. The van der Waals surface area contributed by atoms with Gasteiger partial charge in [-0.3, -0.25) is 9.48 Å².